The number of furan rings is 1. The van der Waals surface area contributed by atoms with Crippen molar-refractivity contribution in [3.05, 3.63) is 39.7 Å². The second kappa shape index (κ2) is 5.02. The summed E-state index contributed by atoms with van der Waals surface area (Å²) in [5.74, 6) is 1.60. The van der Waals surface area contributed by atoms with Crippen molar-refractivity contribution >= 4 is 22.6 Å². The van der Waals surface area contributed by atoms with Crippen LogP contribution in [0.2, 0.25) is 0 Å². The van der Waals surface area contributed by atoms with E-state index < -0.39 is 0 Å². The summed E-state index contributed by atoms with van der Waals surface area (Å²) in [6.45, 7) is 1.90. The Morgan fingerprint density at radius 2 is 2.21 bits per heavy atom. The molecular formula is C15H14N2OS. The molecule has 1 aliphatic rings. The highest BCUT2D eigenvalue weighted by molar-refractivity contribution is 7.16. The molecular weight excluding hydrogens is 256 g/mol. The van der Waals surface area contributed by atoms with Gasteiger partial charge in [-0.15, -0.1) is 11.3 Å². The highest BCUT2D eigenvalue weighted by Gasteiger charge is 2.20. The normalized spacial score (nSPS) is 14.5. The summed E-state index contributed by atoms with van der Waals surface area (Å²) < 4.78 is 5.45. The molecule has 0 N–H and O–H groups in total. The Morgan fingerprint density at radius 3 is 2.95 bits per heavy atom. The van der Waals surface area contributed by atoms with Crippen molar-refractivity contribution < 1.29 is 4.42 Å². The predicted molar refractivity (Wildman–Crippen MR) is 76.4 cm³/mol. The lowest BCUT2D eigenvalue weighted by Gasteiger charge is -2.09. The van der Waals surface area contributed by atoms with Crippen molar-refractivity contribution in [3.8, 4) is 6.07 Å². The van der Waals surface area contributed by atoms with Crippen LogP contribution in [0.3, 0.4) is 0 Å². The second-order valence-electron chi connectivity index (χ2n) is 4.71. The topological polar surface area (TPSA) is 49.3 Å². The van der Waals surface area contributed by atoms with Gasteiger partial charge in [0.2, 0.25) is 0 Å². The number of aliphatic imine (C=N–C) groups is 1. The first-order valence-corrected chi connectivity index (χ1v) is 7.24. The summed E-state index contributed by atoms with van der Waals surface area (Å²) in [5.41, 5.74) is 1.99. The molecule has 3 nitrogen and oxygen atoms in total. The minimum Gasteiger partial charge on any atom is -0.460 e. The van der Waals surface area contributed by atoms with Crippen LogP contribution in [0, 0.1) is 18.3 Å². The molecule has 19 heavy (non-hydrogen) atoms. The van der Waals surface area contributed by atoms with E-state index in [-0.39, 0.29) is 0 Å². The van der Waals surface area contributed by atoms with Crippen LogP contribution < -0.4 is 0 Å². The number of nitriles is 1. The Kier molecular flexibility index (Phi) is 3.22. The predicted octanol–water partition coefficient (Wildman–Crippen LogP) is 4.15. The SMILES string of the molecule is Cc1ccc(C=Nc2sc3c(c2C#N)CCCC3)o1. The van der Waals surface area contributed by atoms with Crippen LogP contribution in [-0.4, -0.2) is 6.21 Å². The van der Waals surface area contributed by atoms with Gasteiger partial charge < -0.3 is 4.42 Å². The van der Waals surface area contributed by atoms with Gasteiger partial charge in [0.1, 0.15) is 22.6 Å². The number of hydrogen-bond donors (Lipinski definition) is 0. The van der Waals surface area contributed by atoms with Gasteiger partial charge in [0, 0.05) is 4.88 Å². The van der Waals surface area contributed by atoms with Crippen LogP contribution in [0.5, 0.6) is 0 Å². The molecule has 2 heterocycles. The van der Waals surface area contributed by atoms with E-state index in [1.54, 1.807) is 17.6 Å². The number of rotatable bonds is 2. The molecule has 0 radical (unpaired) electrons. The zero-order valence-electron chi connectivity index (χ0n) is 10.8. The largest absolute Gasteiger partial charge is 0.460 e. The van der Waals surface area contributed by atoms with Gasteiger partial charge in [0.05, 0.1) is 11.8 Å². The first-order chi connectivity index (χ1) is 9.28. The molecule has 0 saturated carbocycles. The van der Waals surface area contributed by atoms with Crippen LogP contribution in [0.4, 0.5) is 5.00 Å². The van der Waals surface area contributed by atoms with Gasteiger partial charge in [0.25, 0.3) is 0 Å². The lowest BCUT2D eigenvalue weighted by Crippen LogP contribution is -1.99. The summed E-state index contributed by atoms with van der Waals surface area (Å²) in [6.07, 6.45) is 6.21. The van der Waals surface area contributed by atoms with Crippen molar-refractivity contribution in [2.45, 2.75) is 32.6 Å². The fraction of sp³-hybridized carbons (Fsp3) is 0.333. The Bertz CT molecular complexity index is 673. The van der Waals surface area contributed by atoms with Crippen molar-refractivity contribution in [1.29, 1.82) is 5.26 Å². The van der Waals surface area contributed by atoms with Crippen molar-refractivity contribution in [1.82, 2.24) is 0 Å². The highest BCUT2D eigenvalue weighted by Crippen LogP contribution is 2.39. The minimum atomic E-state index is 0.729. The smallest absolute Gasteiger partial charge is 0.145 e. The Hall–Kier alpha value is -1.86. The fourth-order valence-corrected chi connectivity index (χ4v) is 3.59. The van der Waals surface area contributed by atoms with E-state index in [0.29, 0.717) is 0 Å². The van der Waals surface area contributed by atoms with Gasteiger partial charge in [-0.05, 0) is 50.3 Å². The Morgan fingerprint density at radius 1 is 1.37 bits per heavy atom. The quantitative estimate of drug-likeness (QED) is 0.770. The van der Waals surface area contributed by atoms with Gasteiger partial charge in [-0.1, -0.05) is 0 Å². The zero-order chi connectivity index (χ0) is 13.2. The molecule has 0 aliphatic heterocycles. The lowest BCUT2D eigenvalue weighted by atomic mass is 9.96. The molecule has 0 spiro atoms. The maximum absolute atomic E-state index is 9.32. The molecule has 2 aromatic rings. The van der Waals surface area contributed by atoms with Crippen molar-refractivity contribution in [3.63, 3.8) is 0 Å². The average Bonchev–Trinajstić information content (AvgIpc) is 2.99. The molecule has 96 valence electrons. The molecule has 0 aromatic carbocycles. The maximum atomic E-state index is 9.32. The van der Waals surface area contributed by atoms with E-state index in [4.69, 9.17) is 4.42 Å². The van der Waals surface area contributed by atoms with E-state index >= 15 is 0 Å². The minimum absolute atomic E-state index is 0.729. The number of aryl methyl sites for hydroxylation is 2. The summed E-state index contributed by atoms with van der Waals surface area (Å²) in [7, 11) is 0. The van der Waals surface area contributed by atoms with Crippen LogP contribution >= 0.6 is 11.3 Å². The summed E-state index contributed by atoms with van der Waals surface area (Å²) in [6, 6.07) is 6.11. The first-order valence-electron chi connectivity index (χ1n) is 6.43. The van der Waals surface area contributed by atoms with Crippen molar-refractivity contribution in [2.24, 2.45) is 4.99 Å². The van der Waals surface area contributed by atoms with Gasteiger partial charge in [-0.2, -0.15) is 5.26 Å². The maximum Gasteiger partial charge on any atom is 0.145 e. The standard InChI is InChI=1S/C15H14N2OS/c1-10-6-7-11(18-10)9-17-15-13(8-16)12-4-2-3-5-14(12)19-15/h6-7,9H,2-5H2,1H3. The highest BCUT2D eigenvalue weighted by atomic mass is 32.1. The molecule has 3 rings (SSSR count). The van der Waals surface area contributed by atoms with Crippen LogP contribution in [0.1, 0.15) is 40.4 Å². The van der Waals surface area contributed by atoms with E-state index in [2.05, 4.69) is 11.1 Å². The van der Waals surface area contributed by atoms with E-state index in [1.165, 1.54) is 23.3 Å². The van der Waals surface area contributed by atoms with E-state index in [0.717, 1.165) is 34.9 Å². The molecule has 0 bridgehead atoms. The first kappa shape index (κ1) is 12.2. The summed E-state index contributed by atoms with van der Waals surface area (Å²) in [4.78, 5) is 5.78. The third-order valence-electron chi connectivity index (χ3n) is 3.33. The third kappa shape index (κ3) is 2.34. The molecule has 4 heteroatoms. The van der Waals surface area contributed by atoms with Crippen LogP contribution in [0.25, 0.3) is 0 Å². The zero-order valence-corrected chi connectivity index (χ0v) is 11.6. The van der Waals surface area contributed by atoms with E-state index in [1.807, 2.05) is 19.1 Å². The van der Waals surface area contributed by atoms with Gasteiger partial charge in [-0.25, -0.2) is 4.99 Å². The van der Waals surface area contributed by atoms with Gasteiger partial charge in [0.15, 0.2) is 0 Å². The molecule has 0 unspecified atom stereocenters. The number of hydrogen-bond acceptors (Lipinski definition) is 4. The van der Waals surface area contributed by atoms with Gasteiger partial charge >= 0.3 is 0 Å². The summed E-state index contributed by atoms with van der Waals surface area (Å²) in [5, 5.41) is 10.1. The van der Waals surface area contributed by atoms with Gasteiger partial charge in [-0.3, -0.25) is 0 Å². The summed E-state index contributed by atoms with van der Waals surface area (Å²) >= 11 is 1.65. The molecule has 0 fully saturated rings. The van der Waals surface area contributed by atoms with E-state index in [9.17, 15) is 5.26 Å². The monoisotopic (exact) mass is 270 g/mol. The molecule has 2 aromatic heterocycles. The van der Waals surface area contributed by atoms with Crippen LogP contribution in [0.15, 0.2) is 21.5 Å². The fourth-order valence-electron chi connectivity index (χ4n) is 2.40. The Balaban J connectivity index is 1.95. The third-order valence-corrected chi connectivity index (χ3v) is 4.53. The molecule has 0 amide bonds. The van der Waals surface area contributed by atoms with Crippen LogP contribution in [-0.2, 0) is 12.8 Å². The average molecular weight is 270 g/mol. The Labute approximate surface area is 116 Å². The molecule has 0 saturated heterocycles. The van der Waals surface area contributed by atoms with Crippen molar-refractivity contribution in [2.75, 3.05) is 0 Å². The number of thiophene rings is 1. The molecule has 0 atom stereocenters. The molecule has 1 aliphatic carbocycles. The number of fused-ring (bicyclic) bond motifs is 1. The second-order valence-corrected chi connectivity index (χ2v) is 5.79. The number of nitrogens with zero attached hydrogens (tertiary/aromatic N) is 2. The lowest BCUT2D eigenvalue weighted by molar-refractivity contribution is 0.528.